The van der Waals surface area contributed by atoms with E-state index in [1.54, 1.807) is 6.08 Å². The van der Waals surface area contributed by atoms with E-state index in [9.17, 15) is 4.79 Å². The first kappa shape index (κ1) is 23.3. The fourth-order valence-electron chi connectivity index (χ4n) is 3.93. The van der Waals surface area contributed by atoms with Gasteiger partial charge in [0.2, 0.25) is 5.91 Å². The molecule has 1 amide bonds. The molecular formula is C29H31N3O2. The molecule has 1 heterocycles. The number of carbonyl (C=O) groups excluding carboxylic acids is 1. The lowest BCUT2D eigenvalue weighted by atomic mass is 10.2. The number of nitrogens with zero attached hydrogens (tertiary/aromatic N) is 2. The summed E-state index contributed by atoms with van der Waals surface area (Å²) in [7, 11) is 0. The smallest absolute Gasteiger partial charge is 0.244 e. The van der Waals surface area contributed by atoms with E-state index in [1.807, 2.05) is 66.7 Å². The Balaban J connectivity index is 1.30. The minimum Gasteiger partial charge on any atom is -0.494 e. The van der Waals surface area contributed by atoms with Gasteiger partial charge in [-0.15, -0.1) is 0 Å². The summed E-state index contributed by atoms with van der Waals surface area (Å²) in [6.07, 6.45) is 6.03. The Kier molecular flexibility index (Phi) is 8.12. The molecule has 0 unspecified atom stereocenters. The molecule has 1 N–H and O–H groups in total. The third kappa shape index (κ3) is 6.58. The number of carbonyl (C=O) groups is 1. The first-order valence-electron chi connectivity index (χ1n) is 11.8. The van der Waals surface area contributed by atoms with Crippen LogP contribution in [-0.4, -0.2) is 28.6 Å². The first-order chi connectivity index (χ1) is 16.7. The molecule has 0 bridgehead atoms. The summed E-state index contributed by atoms with van der Waals surface area (Å²) in [5.41, 5.74) is 4.33. The molecule has 0 aliphatic heterocycles. The van der Waals surface area contributed by atoms with Gasteiger partial charge in [0.1, 0.15) is 11.6 Å². The molecule has 5 heteroatoms. The Hall–Kier alpha value is -3.86. The number of para-hydroxylation sites is 2. The van der Waals surface area contributed by atoms with Gasteiger partial charge in [-0.05, 0) is 61.2 Å². The number of imidazole rings is 1. The lowest BCUT2D eigenvalue weighted by Crippen LogP contribution is -2.24. The van der Waals surface area contributed by atoms with Crippen molar-refractivity contribution in [2.45, 2.75) is 32.7 Å². The van der Waals surface area contributed by atoms with Crippen LogP contribution in [0.25, 0.3) is 17.1 Å². The van der Waals surface area contributed by atoms with Gasteiger partial charge in [-0.25, -0.2) is 4.98 Å². The summed E-state index contributed by atoms with van der Waals surface area (Å²) in [4.78, 5) is 17.0. The highest BCUT2D eigenvalue weighted by Crippen LogP contribution is 2.18. The monoisotopic (exact) mass is 453 g/mol. The number of rotatable bonds is 11. The summed E-state index contributed by atoms with van der Waals surface area (Å²) in [5, 5.41) is 2.97. The standard InChI is InChI=1S/C29H31N3O2/c1-23-10-9-13-25(22-23)34-21-8-7-20-32-27-15-6-5-14-26(27)31-28(32)18-19-30-29(33)17-16-24-11-3-2-4-12-24/h2-6,9-17,22H,7-8,18-21H2,1H3,(H,30,33)/b17-16+. The van der Waals surface area contributed by atoms with Crippen molar-refractivity contribution in [3.8, 4) is 5.75 Å². The number of hydrogen-bond donors (Lipinski definition) is 1. The summed E-state index contributed by atoms with van der Waals surface area (Å²) in [6, 6.07) is 26.2. The Morgan fingerprint density at radius 2 is 1.82 bits per heavy atom. The van der Waals surface area contributed by atoms with Crippen LogP contribution in [0.5, 0.6) is 5.75 Å². The second-order valence-electron chi connectivity index (χ2n) is 8.33. The van der Waals surface area contributed by atoms with Crippen molar-refractivity contribution in [3.05, 3.63) is 102 Å². The third-order valence-corrected chi connectivity index (χ3v) is 5.64. The van der Waals surface area contributed by atoms with Gasteiger partial charge in [0, 0.05) is 25.6 Å². The van der Waals surface area contributed by atoms with E-state index in [4.69, 9.17) is 9.72 Å². The molecule has 5 nitrogen and oxygen atoms in total. The summed E-state index contributed by atoms with van der Waals surface area (Å²) in [6.45, 7) is 4.17. The van der Waals surface area contributed by atoms with Crippen LogP contribution in [0.1, 0.15) is 29.8 Å². The molecule has 4 aromatic rings. The van der Waals surface area contributed by atoms with Gasteiger partial charge in [0.25, 0.3) is 0 Å². The number of fused-ring (bicyclic) bond motifs is 1. The molecule has 0 fully saturated rings. The van der Waals surface area contributed by atoms with Crippen LogP contribution in [-0.2, 0) is 17.8 Å². The van der Waals surface area contributed by atoms with Crippen LogP contribution in [0.4, 0.5) is 0 Å². The molecule has 1 aromatic heterocycles. The average Bonchev–Trinajstić information content (AvgIpc) is 3.20. The van der Waals surface area contributed by atoms with Crippen molar-refractivity contribution in [3.63, 3.8) is 0 Å². The fourth-order valence-corrected chi connectivity index (χ4v) is 3.93. The molecular weight excluding hydrogens is 422 g/mol. The molecule has 34 heavy (non-hydrogen) atoms. The third-order valence-electron chi connectivity index (χ3n) is 5.64. The minimum absolute atomic E-state index is 0.0974. The SMILES string of the molecule is Cc1cccc(OCCCCn2c(CCNC(=O)/C=C/c3ccccc3)nc3ccccc32)c1. The first-order valence-corrected chi connectivity index (χ1v) is 11.8. The second-order valence-corrected chi connectivity index (χ2v) is 8.33. The van der Waals surface area contributed by atoms with Gasteiger partial charge in [0.15, 0.2) is 0 Å². The van der Waals surface area contributed by atoms with Crippen molar-refractivity contribution >= 4 is 23.0 Å². The van der Waals surface area contributed by atoms with Crippen molar-refractivity contribution in [1.82, 2.24) is 14.9 Å². The molecule has 0 saturated carbocycles. The van der Waals surface area contributed by atoms with E-state index < -0.39 is 0 Å². The number of hydrogen-bond acceptors (Lipinski definition) is 3. The van der Waals surface area contributed by atoms with Crippen LogP contribution in [0, 0.1) is 6.92 Å². The molecule has 0 spiro atoms. The van der Waals surface area contributed by atoms with Crippen molar-refractivity contribution in [2.75, 3.05) is 13.2 Å². The van der Waals surface area contributed by atoms with E-state index in [0.29, 0.717) is 19.6 Å². The van der Waals surface area contributed by atoms with Crippen molar-refractivity contribution in [2.24, 2.45) is 0 Å². The van der Waals surface area contributed by atoms with E-state index in [1.165, 1.54) is 5.56 Å². The van der Waals surface area contributed by atoms with Crippen LogP contribution in [0.15, 0.2) is 84.9 Å². The highest BCUT2D eigenvalue weighted by molar-refractivity contribution is 5.91. The predicted molar refractivity (Wildman–Crippen MR) is 138 cm³/mol. The highest BCUT2D eigenvalue weighted by Gasteiger charge is 2.10. The number of aromatic nitrogens is 2. The normalized spacial score (nSPS) is 11.2. The van der Waals surface area contributed by atoms with Gasteiger partial charge >= 0.3 is 0 Å². The predicted octanol–water partition coefficient (Wildman–Crippen LogP) is 5.58. The molecule has 0 atom stereocenters. The maximum atomic E-state index is 12.2. The van der Waals surface area contributed by atoms with Crippen molar-refractivity contribution in [1.29, 1.82) is 0 Å². The summed E-state index contributed by atoms with van der Waals surface area (Å²) in [5.74, 6) is 1.82. The number of benzene rings is 3. The Morgan fingerprint density at radius 3 is 2.68 bits per heavy atom. The van der Waals surface area contributed by atoms with Crippen molar-refractivity contribution < 1.29 is 9.53 Å². The highest BCUT2D eigenvalue weighted by atomic mass is 16.5. The Morgan fingerprint density at radius 1 is 1.00 bits per heavy atom. The van der Waals surface area contributed by atoms with Crippen LogP contribution < -0.4 is 10.1 Å². The lowest BCUT2D eigenvalue weighted by molar-refractivity contribution is -0.116. The van der Waals surface area contributed by atoms with Gasteiger partial charge in [-0.3, -0.25) is 4.79 Å². The van der Waals surface area contributed by atoms with Gasteiger partial charge in [0.05, 0.1) is 17.6 Å². The Labute approximate surface area is 201 Å². The lowest BCUT2D eigenvalue weighted by Gasteiger charge is -2.11. The van der Waals surface area contributed by atoms with Crippen LogP contribution in [0.2, 0.25) is 0 Å². The minimum atomic E-state index is -0.0974. The molecule has 0 aliphatic carbocycles. The quantitative estimate of drug-likeness (QED) is 0.238. The molecule has 3 aromatic carbocycles. The number of unbranched alkanes of at least 4 members (excludes halogenated alkanes) is 1. The van der Waals surface area contributed by atoms with Crippen LogP contribution >= 0.6 is 0 Å². The number of nitrogens with one attached hydrogen (secondary N) is 1. The molecule has 174 valence electrons. The molecule has 4 rings (SSSR count). The van der Waals surface area contributed by atoms with Crippen LogP contribution in [0.3, 0.4) is 0 Å². The van der Waals surface area contributed by atoms with E-state index >= 15 is 0 Å². The number of aryl methyl sites for hydroxylation is 2. The maximum Gasteiger partial charge on any atom is 0.244 e. The number of amides is 1. The van der Waals surface area contributed by atoms with E-state index in [2.05, 4.69) is 35.0 Å². The second kappa shape index (κ2) is 11.8. The fraction of sp³-hybridized carbons (Fsp3) is 0.241. The summed E-state index contributed by atoms with van der Waals surface area (Å²) < 4.78 is 8.16. The maximum absolute atomic E-state index is 12.2. The van der Waals surface area contributed by atoms with E-state index in [0.717, 1.165) is 47.6 Å². The molecule has 0 radical (unpaired) electrons. The zero-order valence-electron chi connectivity index (χ0n) is 19.6. The van der Waals surface area contributed by atoms with Gasteiger partial charge < -0.3 is 14.6 Å². The van der Waals surface area contributed by atoms with Gasteiger partial charge in [-0.1, -0.05) is 54.6 Å². The molecule has 0 aliphatic rings. The van der Waals surface area contributed by atoms with E-state index in [-0.39, 0.29) is 5.91 Å². The zero-order valence-corrected chi connectivity index (χ0v) is 19.6. The largest absolute Gasteiger partial charge is 0.494 e. The topological polar surface area (TPSA) is 56.1 Å². The average molecular weight is 454 g/mol. The summed E-state index contributed by atoms with van der Waals surface area (Å²) >= 11 is 0. The van der Waals surface area contributed by atoms with Gasteiger partial charge in [-0.2, -0.15) is 0 Å². The zero-order chi connectivity index (χ0) is 23.6. The Bertz CT molecular complexity index is 1240. The number of ether oxygens (including phenoxy) is 1. The molecule has 0 saturated heterocycles.